The molecule has 12 heteroatoms. The van der Waals surface area contributed by atoms with Gasteiger partial charge in [0.2, 0.25) is 11.8 Å². The Morgan fingerprint density at radius 3 is 2.36 bits per heavy atom. The lowest BCUT2D eigenvalue weighted by Crippen LogP contribution is -2.53. The number of para-hydroxylation sites is 1. The van der Waals surface area contributed by atoms with Crippen LogP contribution in [0, 0.1) is 23.7 Å². The van der Waals surface area contributed by atoms with Crippen LogP contribution in [0.15, 0.2) is 101 Å². The van der Waals surface area contributed by atoms with E-state index in [2.05, 4.69) is 5.43 Å². The van der Waals surface area contributed by atoms with Gasteiger partial charge in [-0.2, -0.15) is 5.01 Å². The molecule has 6 atom stereocenters. The predicted molar refractivity (Wildman–Crippen MR) is 184 cm³/mol. The van der Waals surface area contributed by atoms with Crippen LogP contribution in [0.2, 0.25) is 10.0 Å². The van der Waals surface area contributed by atoms with Gasteiger partial charge in [-0.3, -0.25) is 29.5 Å². The van der Waals surface area contributed by atoms with Gasteiger partial charge >= 0.3 is 0 Å². The highest BCUT2D eigenvalue weighted by atomic mass is 35.5. The van der Waals surface area contributed by atoms with Crippen LogP contribution in [0.4, 0.5) is 11.4 Å². The van der Waals surface area contributed by atoms with E-state index < -0.39 is 46.8 Å². The largest absolute Gasteiger partial charge is 0.497 e. The molecule has 8 rings (SSSR count). The fourth-order valence-electron chi connectivity index (χ4n) is 8.62. The Morgan fingerprint density at radius 1 is 0.920 bits per heavy atom. The van der Waals surface area contributed by atoms with E-state index in [4.69, 9.17) is 32.4 Å². The van der Waals surface area contributed by atoms with Gasteiger partial charge in [0, 0.05) is 5.02 Å². The average molecular weight is 713 g/mol. The molecule has 1 aromatic heterocycles. The van der Waals surface area contributed by atoms with Crippen molar-refractivity contribution in [1.29, 1.82) is 0 Å². The van der Waals surface area contributed by atoms with Gasteiger partial charge in [0.15, 0.2) is 0 Å². The summed E-state index contributed by atoms with van der Waals surface area (Å²) < 4.78 is 11.7. The third-order valence-corrected chi connectivity index (χ3v) is 11.3. The third kappa shape index (κ3) is 4.66. The van der Waals surface area contributed by atoms with Gasteiger partial charge in [0.25, 0.3) is 11.8 Å². The first-order valence-electron chi connectivity index (χ1n) is 16.3. The van der Waals surface area contributed by atoms with Crippen LogP contribution < -0.4 is 15.1 Å². The van der Waals surface area contributed by atoms with Crippen LogP contribution in [0.25, 0.3) is 0 Å². The number of methoxy groups -OCH3 is 1. The van der Waals surface area contributed by atoms with Gasteiger partial charge in [-0.1, -0.05) is 65.2 Å². The van der Waals surface area contributed by atoms with E-state index in [1.165, 1.54) is 18.1 Å². The number of furan rings is 1. The summed E-state index contributed by atoms with van der Waals surface area (Å²) in [6, 6.07) is 23.8. The molecule has 2 aliphatic carbocycles. The minimum absolute atomic E-state index is 0.113. The third-order valence-electron chi connectivity index (χ3n) is 10.7. The molecule has 6 unspecified atom stereocenters. The van der Waals surface area contributed by atoms with Crippen molar-refractivity contribution in [1.82, 2.24) is 5.01 Å². The zero-order valence-corrected chi connectivity index (χ0v) is 28.2. The summed E-state index contributed by atoms with van der Waals surface area (Å²) >= 11 is 12.7. The number of aliphatic hydroxyl groups is 1. The SMILES string of the molecule is COc1ccc(C23C(=O)N(Nc4ccc(Cl)cc4Cl)C(=O)C2CC2C(=CCC4C(=O)N(c5ccccc5)C(=O)C42)C3c2ccc(CO)o2)cc1. The number of amides is 4. The molecule has 4 amide bonds. The lowest BCUT2D eigenvalue weighted by atomic mass is 9.50. The van der Waals surface area contributed by atoms with Gasteiger partial charge < -0.3 is 14.3 Å². The molecule has 3 fully saturated rings. The zero-order valence-electron chi connectivity index (χ0n) is 26.7. The first-order chi connectivity index (χ1) is 24.2. The first-order valence-corrected chi connectivity index (χ1v) is 17.0. The second-order valence-corrected chi connectivity index (χ2v) is 13.9. The zero-order chi connectivity index (χ0) is 34.9. The summed E-state index contributed by atoms with van der Waals surface area (Å²) in [4.78, 5) is 59.4. The summed E-state index contributed by atoms with van der Waals surface area (Å²) in [5.74, 6) is -4.34. The number of allylic oxidation sites excluding steroid dienone is 2. The van der Waals surface area contributed by atoms with Crippen molar-refractivity contribution in [2.45, 2.75) is 30.8 Å². The molecule has 0 bridgehead atoms. The number of imide groups is 2. The quantitative estimate of drug-likeness (QED) is 0.169. The van der Waals surface area contributed by atoms with E-state index in [1.807, 2.05) is 12.1 Å². The molecule has 0 spiro atoms. The number of ether oxygens (including phenoxy) is 1. The number of fused-ring (bicyclic) bond motifs is 4. The molecule has 2 aliphatic heterocycles. The molecule has 4 aromatic rings. The van der Waals surface area contributed by atoms with Gasteiger partial charge in [0.05, 0.1) is 47.2 Å². The average Bonchev–Trinajstić information content (AvgIpc) is 3.77. The second-order valence-electron chi connectivity index (χ2n) is 13.0. The predicted octanol–water partition coefficient (Wildman–Crippen LogP) is 6.28. The van der Waals surface area contributed by atoms with E-state index in [0.717, 1.165) is 10.6 Å². The number of anilines is 2. The lowest BCUT2D eigenvalue weighted by Gasteiger charge is -2.49. The number of hydrazine groups is 1. The van der Waals surface area contributed by atoms with Crippen molar-refractivity contribution in [2.75, 3.05) is 17.4 Å². The number of carbonyl (C=O) groups excluding carboxylic acids is 4. The molecule has 50 heavy (non-hydrogen) atoms. The van der Waals surface area contributed by atoms with Gasteiger partial charge in [-0.25, -0.2) is 0 Å². The highest BCUT2D eigenvalue weighted by molar-refractivity contribution is 6.36. The van der Waals surface area contributed by atoms with Crippen molar-refractivity contribution < 1.29 is 33.4 Å². The Labute approximate surface area is 297 Å². The fraction of sp³-hybridized carbons (Fsp3) is 0.263. The maximum atomic E-state index is 15.2. The minimum Gasteiger partial charge on any atom is -0.497 e. The topological polar surface area (TPSA) is 129 Å². The number of halogens is 2. The van der Waals surface area contributed by atoms with Crippen molar-refractivity contribution in [3.63, 3.8) is 0 Å². The molecule has 3 heterocycles. The van der Waals surface area contributed by atoms with E-state index >= 15 is 4.79 Å². The number of carbonyl (C=O) groups is 4. The van der Waals surface area contributed by atoms with Crippen LogP contribution in [-0.2, 0) is 31.2 Å². The highest BCUT2D eigenvalue weighted by Gasteiger charge is 2.71. The summed E-state index contributed by atoms with van der Waals surface area (Å²) in [6.45, 7) is -0.381. The van der Waals surface area contributed by atoms with E-state index in [9.17, 15) is 19.5 Å². The first kappa shape index (κ1) is 32.3. The lowest BCUT2D eigenvalue weighted by molar-refractivity contribution is -0.138. The van der Waals surface area contributed by atoms with Gasteiger partial charge in [-0.05, 0) is 78.9 Å². The van der Waals surface area contributed by atoms with E-state index in [0.29, 0.717) is 33.5 Å². The summed E-state index contributed by atoms with van der Waals surface area (Å²) in [7, 11) is 1.54. The molecule has 10 nitrogen and oxygen atoms in total. The smallest absolute Gasteiger partial charge is 0.260 e. The van der Waals surface area contributed by atoms with Crippen molar-refractivity contribution in [3.05, 3.63) is 124 Å². The summed E-state index contributed by atoms with van der Waals surface area (Å²) in [5.41, 5.74) is 3.48. The molecule has 2 saturated heterocycles. The highest BCUT2D eigenvalue weighted by Crippen LogP contribution is 2.64. The van der Waals surface area contributed by atoms with Crippen LogP contribution in [0.3, 0.4) is 0 Å². The second kappa shape index (κ2) is 12.2. The Bertz CT molecular complexity index is 2080. The van der Waals surface area contributed by atoms with E-state index in [-0.39, 0.29) is 42.0 Å². The standard InChI is InChI=1S/C38H31Cl2N3O7/c1-49-23-10-7-20(8-11-23)38-28(35(46)43(37(38)48)41-30-15-9-21(39)17-29(30)40)18-27-25(33(38)31-16-12-24(19-44)50-31)13-14-26-32(27)36(47)42(34(26)45)22-5-3-2-4-6-22/h2-13,15-17,26-28,32-33,41,44H,14,18-19H2,1H3. The number of rotatable bonds is 7. The Morgan fingerprint density at radius 2 is 1.68 bits per heavy atom. The molecular weight excluding hydrogens is 681 g/mol. The van der Waals surface area contributed by atoms with Crippen LogP contribution >= 0.6 is 23.2 Å². The molecule has 1 saturated carbocycles. The Hall–Kier alpha value is -4.90. The summed E-state index contributed by atoms with van der Waals surface area (Å²) in [6.07, 6.45) is 2.33. The fourth-order valence-corrected chi connectivity index (χ4v) is 9.07. The van der Waals surface area contributed by atoms with Gasteiger partial charge in [0.1, 0.15) is 29.3 Å². The molecule has 0 radical (unpaired) electrons. The minimum atomic E-state index is -1.56. The Balaban J connectivity index is 1.32. The van der Waals surface area contributed by atoms with Crippen LogP contribution in [-0.4, -0.2) is 40.9 Å². The Kier molecular flexibility index (Phi) is 7.85. The number of nitrogens with zero attached hydrogens (tertiary/aromatic N) is 2. The van der Waals surface area contributed by atoms with Crippen molar-refractivity contribution >= 4 is 58.2 Å². The van der Waals surface area contributed by atoms with E-state index in [1.54, 1.807) is 72.8 Å². The van der Waals surface area contributed by atoms with Gasteiger partial charge in [-0.15, -0.1) is 0 Å². The number of benzene rings is 3. The molecule has 3 aromatic carbocycles. The van der Waals surface area contributed by atoms with Crippen molar-refractivity contribution in [3.8, 4) is 5.75 Å². The number of aliphatic hydroxyl groups excluding tert-OH is 1. The molecular formula is C38H31Cl2N3O7. The monoisotopic (exact) mass is 711 g/mol. The summed E-state index contributed by atoms with van der Waals surface area (Å²) in [5, 5.41) is 11.6. The van der Waals surface area contributed by atoms with Crippen molar-refractivity contribution in [2.24, 2.45) is 23.7 Å². The molecule has 4 aliphatic rings. The normalized spacial score (nSPS) is 27.2. The number of hydrogen-bond donors (Lipinski definition) is 2. The van der Waals surface area contributed by atoms with Crippen LogP contribution in [0.5, 0.6) is 5.75 Å². The molecule has 2 N–H and O–H groups in total. The van der Waals surface area contributed by atoms with Crippen LogP contribution in [0.1, 0.15) is 35.8 Å². The molecule has 254 valence electrons. The number of nitrogens with one attached hydrogen (secondary N) is 1. The maximum absolute atomic E-state index is 15.2. The maximum Gasteiger partial charge on any atom is 0.260 e. The number of hydrogen-bond acceptors (Lipinski definition) is 8.